The molecule has 0 aliphatic heterocycles. The molecule has 24 heavy (non-hydrogen) atoms. The molecule has 0 bridgehead atoms. The topological polar surface area (TPSA) is 30.5 Å². The van der Waals surface area contributed by atoms with Gasteiger partial charge in [-0.1, -0.05) is 44.5 Å². The normalized spacial score (nSPS) is 11.8. The van der Waals surface area contributed by atoms with E-state index in [0.717, 1.165) is 49.6 Å². The smallest absolute Gasteiger partial charge is 0.142 e. The second kappa shape index (κ2) is 9.86. The van der Waals surface area contributed by atoms with E-state index >= 15 is 0 Å². The van der Waals surface area contributed by atoms with Gasteiger partial charge in [0.05, 0.1) is 18.8 Å². The van der Waals surface area contributed by atoms with E-state index in [1.54, 1.807) is 0 Å². The molecule has 0 aliphatic rings. The maximum Gasteiger partial charge on any atom is 0.142 e. The zero-order valence-corrected chi connectivity index (χ0v) is 15.0. The van der Waals surface area contributed by atoms with Crippen LogP contribution in [0.25, 0.3) is 0 Å². The molecule has 2 aromatic carbocycles. The maximum absolute atomic E-state index is 6.10. The number of anilines is 1. The molecule has 2 aromatic rings. The van der Waals surface area contributed by atoms with Crippen LogP contribution >= 0.6 is 0 Å². The molecule has 0 heterocycles. The Morgan fingerprint density at radius 2 is 1.88 bits per heavy atom. The lowest BCUT2D eigenvalue weighted by molar-refractivity contribution is 0.209. The highest BCUT2D eigenvalue weighted by Crippen LogP contribution is 2.24. The molecule has 3 nitrogen and oxygen atoms in total. The predicted octanol–water partition coefficient (Wildman–Crippen LogP) is 5.44. The van der Waals surface area contributed by atoms with Crippen molar-refractivity contribution in [3.05, 3.63) is 54.1 Å². The van der Waals surface area contributed by atoms with E-state index in [1.165, 1.54) is 5.56 Å². The summed E-state index contributed by atoms with van der Waals surface area (Å²) in [5.74, 6) is 1.84. The van der Waals surface area contributed by atoms with Gasteiger partial charge >= 0.3 is 0 Å². The molecule has 0 radical (unpaired) electrons. The van der Waals surface area contributed by atoms with E-state index in [2.05, 4.69) is 44.3 Å². The highest BCUT2D eigenvalue weighted by atomic mass is 16.5. The summed E-state index contributed by atoms with van der Waals surface area (Å²) in [5.41, 5.74) is 2.24. The van der Waals surface area contributed by atoms with Gasteiger partial charge in [-0.25, -0.2) is 0 Å². The maximum atomic E-state index is 6.10. The molecule has 0 aromatic heterocycles. The van der Waals surface area contributed by atoms with E-state index in [9.17, 15) is 0 Å². The van der Waals surface area contributed by atoms with Gasteiger partial charge in [-0.3, -0.25) is 0 Å². The summed E-state index contributed by atoms with van der Waals surface area (Å²) in [6.45, 7) is 7.90. The van der Waals surface area contributed by atoms with Crippen LogP contribution in [-0.4, -0.2) is 19.3 Å². The third-order valence-corrected chi connectivity index (χ3v) is 3.91. The van der Waals surface area contributed by atoms with Gasteiger partial charge in [-0.15, -0.1) is 0 Å². The van der Waals surface area contributed by atoms with E-state index in [0.29, 0.717) is 0 Å². The molecule has 0 aliphatic carbocycles. The molecule has 1 N–H and O–H groups in total. The Balaban J connectivity index is 1.93. The third-order valence-electron chi connectivity index (χ3n) is 3.91. The van der Waals surface area contributed by atoms with Crippen molar-refractivity contribution in [2.75, 3.05) is 18.5 Å². The number of rotatable bonds is 10. The van der Waals surface area contributed by atoms with Crippen molar-refractivity contribution >= 4 is 5.69 Å². The molecule has 0 amide bonds. The highest BCUT2D eigenvalue weighted by Gasteiger charge is 2.10. The number of hydrogen-bond acceptors (Lipinski definition) is 3. The SMILES string of the molecule is CCCCOc1ccccc1NCC(CC)Oc1cccc(C)c1. The summed E-state index contributed by atoms with van der Waals surface area (Å²) in [4.78, 5) is 0. The van der Waals surface area contributed by atoms with E-state index in [4.69, 9.17) is 9.47 Å². The van der Waals surface area contributed by atoms with E-state index < -0.39 is 0 Å². The minimum Gasteiger partial charge on any atom is -0.491 e. The van der Waals surface area contributed by atoms with Crippen molar-refractivity contribution in [1.82, 2.24) is 0 Å². The van der Waals surface area contributed by atoms with Crippen LogP contribution in [0.5, 0.6) is 11.5 Å². The highest BCUT2D eigenvalue weighted by molar-refractivity contribution is 5.56. The number of para-hydroxylation sites is 2. The van der Waals surface area contributed by atoms with Gasteiger partial charge in [0.1, 0.15) is 17.6 Å². The first-order valence-corrected chi connectivity index (χ1v) is 8.92. The van der Waals surface area contributed by atoms with Crippen LogP contribution in [0.3, 0.4) is 0 Å². The fraction of sp³-hybridized carbons (Fsp3) is 0.429. The monoisotopic (exact) mass is 327 g/mol. The first-order valence-electron chi connectivity index (χ1n) is 8.92. The van der Waals surface area contributed by atoms with Gasteiger partial charge in [-0.05, 0) is 49.6 Å². The molecule has 130 valence electrons. The number of benzene rings is 2. The molecule has 0 fully saturated rings. The summed E-state index contributed by atoms with van der Waals surface area (Å²) in [7, 11) is 0. The van der Waals surface area contributed by atoms with Gasteiger partial charge in [0.25, 0.3) is 0 Å². The second-order valence-electron chi connectivity index (χ2n) is 6.04. The second-order valence-corrected chi connectivity index (χ2v) is 6.04. The van der Waals surface area contributed by atoms with Crippen molar-refractivity contribution in [2.24, 2.45) is 0 Å². The van der Waals surface area contributed by atoms with Crippen LogP contribution in [-0.2, 0) is 0 Å². The van der Waals surface area contributed by atoms with Crippen LogP contribution in [0.15, 0.2) is 48.5 Å². The van der Waals surface area contributed by atoms with E-state index in [-0.39, 0.29) is 6.10 Å². The molecule has 1 unspecified atom stereocenters. The number of ether oxygens (including phenoxy) is 2. The van der Waals surface area contributed by atoms with Crippen LogP contribution in [0.1, 0.15) is 38.7 Å². The summed E-state index contributed by atoms with van der Waals surface area (Å²) < 4.78 is 12.0. The van der Waals surface area contributed by atoms with Crippen LogP contribution in [0, 0.1) is 6.92 Å². The van der Waals surface area contributed by atoms with Crippen LogP contribution in [0.4, 0.5) is 5.69 Å². The average Bonchev–Trinajstić information content (AvgIpc) is 2.60. The lowest BCUT2D eigenvalue weighted by Crippen LogP contribution is -2.25. The summed E-state index contributed by atoms with van der Waals surface area (Å²) in [6.07, 6.45) is 3.27. The van der Waals surface area contributed by atoms with Crippen LogP contribution in [0.2, 0.25) is 0 Å². The predicted molar refractivity (Wildman–Crippen MR) is 101 cm³/mol. The Kier molecular flexibility index (Phi) is 7.47. The standard InChI is InChI=1S/C21H29NO2/c1-4-6-14-23-21-13-8-7-12-20(21)22-16-18(5-2)24-19-11-9-10-17(3)15-19/h7-13,15,18,22H,4-6,14,16H2,1-3H3. The minimum absolute atomic E-state index is 0.121. The van der Waals surface area contributed by atoms with Crippen molar-refractivity contribution < 1.29 is 9.47 Å². The summed E-state index contributed by atoms with van der Waals surface area (Å²) in [5, 5.41) is 3.48. The quantitative estimate of drug-likeness (QED) is 0.589. The molecular formula is C21H29NO2. The number of unbranched alkanes of at least 4 members (excludes halogenated alkanes) is 1. The van der Waals surface area contributed by atoms with Gasteiger partial charge in [0.2, 0.25) is 0 Å². The van der Waals surface area contributed by atoms with Gasteiger partial charge in [0, 0.05) is 0 Å². The van der Waals surface area contributed by atoms with Crippen molar-refractivity contribution in [1.29, 1.82) is 0 Å². The molecule has 2 rings (SSSR count). The Hall–Kier alpha value is -2.16. The van der Waals surface area contributed by atoms with Gasteiger partial charge < -0.3 is 14.8 Å². The summed E-state index contributed by atoms with van der Waals surface area (Å²) >= 11 is 0. The number of nitrogens with one attached hydrogen (secondary N) is 1. The fourth-order valence-electron chi connectivity index (χ4n) is 2.44. The summed E-state index contributed by atoms with van der Waals surface area (Å²) in [6, 6.07) is 16.3. The molecule has 1 atom stereocenters. The lowest BCUT2D eigenvalue weighted by atomic mass is 10.2. The first-order chi connectivity index (χ1) is 11.7. The molecule has 0 saturated carbocycles. The Bertz CT molecular complexity index is 612. The molecule has 0 saturated heterocycles. The zero-order valence-electron chi connectivity index (χ0n) is 15.0. The number of aryl methyl sites for hydroxylation is 1. The molecular weight excluding hydrogens is 298 g/mol. The molecule has 3 heteroatoms. The number of hydrogen-bond donors (Lipinski definition) is 1. The van der Waals surface area contributed by atoms with E-state index in [1.807, 2.05) is 30.3 Å². The van der Waals surface area contributed by atoms with Gasteiger partial charge in [-0.2, -0.15) is 0 Å². The van der Waals surface area contributed by atoms with Crippen molar-refractivity contribution in [3.63, 3.8) is 0 Å². The third kappa shape index (κ3) is 5.80. The first kappa shape index (κ1) is 18.2. The van der Waals surface area contributed by atoms with Gasteiger partial charge in [0.15, 0.2) is 0 Å². The lowest BCUT2D eigenvalue weighted by Gasteiger charge is -2.20. The Morgan fingerprint density at radius 1 is 1.04 bits per heavy atom. The average molecular weight is 327 g/mol. The van der Waals surface area contributed by atoms with Crippen molar-refractivity contribution in [2.45, 2.75) is 46.1 Å². The Morgan fingerprint density at radius 3 is 2.62 bits per heavy atom. The molecule has 0 spiro atoms. The van der Waals surface area contributed by atoms with Crippen molar-refractivity contribution in [3.8, 4) is 11.5 Å². The van der Waals surface area contributed by atoms with Crippen LogP contribution < -0.4 is 14.8 Å². The Labute approximate surface area is 146 Å². The zero-order chi connectivity index (χ0) is 17.2. The fourth-order valence-corrected chi connectivity index (χ4v) is 2.44. The largest absolute Gasteiger partial charge is 0.491 e. The minimum atomic E-state index is 0.121.